The Morgan fingerprint density at radius 2 is 1.88 bits per heavy atom. The number of halogens is 1. The van der Waals surface area contributed by atoms with Gasteiger partial charge in [0.1, 0.15) is 0 Å². The van der Waals surface area contributed by atoms with Crippen LogP contribution in [-0.4, -0.2) is 54.9 Å². The smallest absolute Gasteiger partial charge is 0.0254 e. The zero-order chi connectivity index (χ0) is 13.2. The molecule has 3 heteroatoms. The molecule has 102 valence electrons. The molecule has 0 bridgehead atoms. The van der Waals surface area contributed by atoms with Gasteiger partial charge in [-0.2, -0.15) is 0 Å². The lowest BCUT2D eigenvalue weighted by Crippen LogP contribution is -2.38. The highest BCUT2D eigenvalue weighted by molar-refractivity contribution is 9.09. The zero-order valence-electron chi connectivity index (χ0n) is 12.3. The van der Waals surface area contributed by atoms with Gasteiger partial charge in [0.2, 0.25) is 0 Å². The van der Waals surface area contributed by atoms with Crippen LogP contribution in [0.25, 0.3) is 0 Å². The Kier molecular flexibility index (Phi) is 5.48. The minimum absolute atomic E-state index is 0.392. The standard InChI is InChI=1S/C14H29BrN2/c1-11-8-17(10-13(11)16(5)6)9-12(7-15)14(2,3)4/h11-13H,7-10H2,1-6H3. The van der Waals surface area contributed by atoms with E-state index < -0.39 is 0 Å². The van der Waals surface area contributed by atoms with Gasteiger partial charge in [-0.25, -0.2) is 0 Å². The van der Waals surface area contributed by atoms with Crippen LogP contribution >= 0.6 is 15.9 Å². The van der Waals surface area contributed by atoms with Crippen LogP contribution in [0.2, 0.25) is 0 Å². The van der Waals surface area contributed by atoms with E-state index in [2.05, 4.69) is 67.5 Å². The third-order valence-electron chi connectivity index (χ3n) is 4.20. The molecule has 2 nitrogen and oxygen atoms in total. The molecule has 0 N–H and O–H groups in total. The molecule has 1 fully saturated rings. The second-order valence-corrected chi connectivity index (χ2v) is 7.59. The molecule has 0 aromatic carbocycles. The Bertz CT molecular complexity index is 235. The summed E-state index contributed by atoms with van der Waals surface area (Å²) in [7, 11) is 4.41. The summed E-state index contributed by atoms with van der Waals surface area (Å²) in [5.74, 6) is 1.52. The lowest BCUT2D eigenvalue weighted by Gasteiger charge is -2.33. The molecule has 1 aliphatic heterocycles. The molecule has 1 aliphatic rings. The molecule has 3 atom stereocenters. The fourth-order valence-corrected chi connectivity index (χ4v) is 3.91. The van der Waals surface area contributed by atoms with Crippen LogP contribution in [-0.2, 0) is 0 Å². The van der Waals surface area contributed by atoms with Gasteiger partial charge in [0.15, 0.2) is 0 Å². The molecule has 0 aromatic rings. The SMILES string of the molecule is CC1CN(CC(CBr)C(C)(C)C)CC1N(C)C. The minimum Gasteiger partial charge on any atom is -0.305 e. The van der Waals surface area contributed by atoms with E-state index in [0.29, 0.717) is 5.41 Å². The van der Waals surface area contributed by atoms with Gasteiger partial charge < -0.3 is 9.80 Å². The molecule has 0 amide bonds. The maximum Gasteiger partial charge on any atom is 0.0254 e. The minimum atomic E-state index is 0.392. The maximum absolute atomic E-state index is 3.68. The van der Waals surface area contributed by atoms with Crippen molar-refractivity contribution in [3.63, 3.8) is 0 Å². The molecule has 1 heterocycles. The number of likely N-dealkylation sites (tertiary alicyclic amines) is 1. The van der Waals surface area contributed by atoms with E-state index in [-0.39, 0.29) is 0 Å². The fraction of sp³-hybridized carbons (Fsp3) is 1.00. The molecular weight excluding hydrogens is 276 g/mol. The van der Waals surface area contributed by atoms with Crippen LogP contribution in [0.3, 0.4) is 0 Å². The molecule has 0 aliphatic carbocycles. The summed E-state index contributed by atoms with van der Waals surface area (Å²) >= 11 is 3.68. The number of hydrogen-bond acceptors (Lipinski definition) is 2. The number of alkyl halides is 1. The quantitative estimate of drug-likeness (QED) is 0.737. The van der Waals surface area contributed by atoms with E-state index in [4.69, 9.17) is 0 Å². The average molecular weight is 305 g/mol. The van der Waals surface area contributed by atoms with Crippen LogP contribution in [0.15, 0.2) is 0 Å². The van der Waals surface area contributed by atoms with Crippen LogP contribution in [0.4, 0.5) is 0 Å². The van der Waals surface area contributed by atoms with Crippen LogP contribution < -0.4 is 0 Å². The van der Waals surface area contributed by atoms with Gasteiger partial charge in [0, 0.05) is 31.0 Å². The Balaban J connectivity index is 2.54. The lowest BCUT2D eigenvalue weighted by molar-refractivity contribution is 0.178. The monoisotopic (exact) mass is 304 g/mol. The number of likely N-dealkylation sites (N-methyl/N-ethyl adjacent to an activating group) is 1. The van der Waals surface area contributed by atoms with Gasteiger partial charge in [-0.05, 0) is 31.3 Å². The first-order valence-electron chi connectivity index (χ1n) is 6.70. The van der Waals surface area contributed by atoms with Crippen molar-refractivity contribution in [2.45, 2.75) is 33.7 Å². The summed E-state index contributed by atoms with van der Waals surface area (Å²) in [5, 5.41) is 1.11. The molecular formula is C14H29BrN2. The second kappa shape index (κ2) is 6.03. The summed E-state index contributed by atoms with van der Waals surface area (Å²) in [6.07, 6.45) is 0. The summed E-state index contributed by atoms with van der Waals surface area (Å²) in [6.45, 7) is 13.1. The first-order valence-corrected chi connectivity index (χ1v) is 7.82. The van der Waals surface area contributed by atoms with Gasteiger partial charge in [-0.15, -0.1) is 0 Å². The summed E-state index contributed by atoms with van der Waals surface area (Å²) in [5.41, 5.74) is 0.392. The molecule has 17 heavy (non-hydrogen) atoms. The van der Waals surface area contributed by atoms with Crippen molar-refractivity contribution < 1.29 is 0 Å². The first-order chi connectivity index (χ1) is 7.75. The van der Waals surface area contributed by atoms with Crippen molar-refractivity contribution in [3.8, 4) is 0 Å². The molecule has 1 saturated heterocycles. The van der Waals surface area contributed by atoms with E-state index >= 15 is 0 Å². The van der Waals surface area contributed by atoms with Gasteiger partial charge >= 0.3 is 0 Å². The van der Waals surface area contributed by atoms with Crippen molar-refractivity contribution in [2.24, 2.45) is 17.3 Å². The number of rotatable bonds is 4. The van der Waals surface area contributed by atoms with Crippen LogP contribution in [0.5, 0.6) is 0 Å². The average Bonchev–Trinajstić information content (AvgIpc) is 2.54. The highest BCUT2D eigenvalue weighted by Crippen LogP contribution is 2.30. The van der Waals surface area contributed by atoms with E-state index in [1.165, 1.54) is 19.6 Å². The second-order valence-electron chi connectivity index (χ2n) is 6.94. The van der Waals surface area contributed by atoms with E-state index in [0.717, 1.165) is 23.2 Å². The Hall–Kier alpha value is 0.400. The Labute approximate surface area is 116 Å². The predicted octanol–water partition coefficient (Wildman–Crippen LogP) is 2.93. The van der Waals surface area contributed by atoms with Crippen molar-refractivity contribution >= 4 is 15.9 Å². The highest BCUT2D eigenvalue weighted by atomic mass is 79.9. The summed E-state index contributed by atoms with van der Waals surface area (Å²) in [4.78, 5) is 5.03. The van der Waals surface area contributed by atoms with Gasteiger partial charge in [-0.3, -0.25) is 0 Å². The summed E-state index contributed by atoms with van der Waals surface area (Å²) < 4.78 is 0. The first kappa shape index (κ1) is 15.5. The third kappa shape index (κ3) is 4.22. The topological polar surface area (TPSA) is 6.48 Å². The van der Waals surface area contributed by atoms with Gasteiger partial charge in [-0.1, -0.05) is 43.6 Å². The van der Waals surface area contributed by atoms with Crippen molar-refractivity contribution in [1.29, 1.82) is 0 Å². The Morgan fingerprint density at radius 1 is 1.29 bits per heavy atom. The lowest BCUT2D eigenvalue weighted by atomic mass is 9.82. The molecule has 0 spiro atoms. The molecule has 0 radical (unpaired) electrons. The Morgan fingerprint density at radius 3 is 2.24 bits per heavy atom. The van der Waals surface area contributed by atoms with Crippen LogP contribution in [0, 0.1) is 17.3 Å². The fourth-order valence-electron chi connectivity index (χ4n) is 2.74. The van der Waals surface area contributed by atoms with E-state index in [1.807, 2.05) is 0 Å². The van der Waals surface area contributed by atoms with E-state index in [1.54, 1.807) is 0 Å². The molecule has 0 saturated carbocycles. The van der Waals surface area contributed by atoms with Gasteiger partial charge in [0.25, 0.3) is 0 Å². The van der Waals surface area contributed by atoms with Gasteiger partial charge in [0.05, 0.1) is 0 Å². The number of nitrogens with zero attached hydrogens (tertiary/aromatic N) is 2. The van der Waals surface area contributed by atoms with Crippen molar-refractivity contribution in [3.05, 3.63) is 0 Å². The molecule has 1 rings (SSSR count). The largest absolute Gasteiger partial charge is 0.305 e. The number of hydrogen-bond donors (Lipinski definition) is 0. The van der Waals surface area contributed by atoms with Crippen molar-refractivity contribution in [2.75, 3.05) is 39.1 Å². The molecule has 3 unspecified atom stereocenters. The van der Waals surface area contributed by atoms with E-state index in [9.17, 15) is 0 Å². The summed E-state index contributed by atoms with van der Waals surface area (Å²) in [6, 6.07) is 0.728. The maximum atomic E-state index is 3.68. The highest BCUT2D eigenvalue weighted by Gasteiger charge is 2.34. The zero-order valence-corrected chi connectivity index (χ0v) is 13.9. The third-order valence-corrected chi connectivity index (χ3v) is 4.98. The van der Waals surface area contributed by atoms with Crippen LogP contribution in [0.1, 0.15) is 27.7 Å². The van der Waals surface area contributed by atoms with Crippen molar-refractivity contribution in [1.82, 2.24) is 9.80 Å². The predicted molar refractivity (Wildman–Crippen MR) is 79.8 cm³/mol. The normalized spacial score (nSPS) is 28.9. The molecule has 0 aromatic heterocycles.